The Labute approximate surface area is 169 Å². The van der Waals surface area contributed by atoms with E-state index in [-0.39, 0.29) is 5.91 Å². The Balaban J connectivity index is 1.54. The van der Waals surface area contributed by atoms with Gasteiger partial charge in [-0.05, 0) is 41.5 Å². The van der Waals surface area contributed by atoms with E-state index in [2.05, 4.69) is 22.3 Å². The Bertz CT molecular complexity index is 952. The molecule has 1 amide bonds. The van der Waals surface area contributed by atoms with Crippen molar-refractivity contribution >= 4 is 28.9 Å². The van der Waals surface area contributed by atoms with E-state index in [0.717, 1.165) is 29.9 Å². The Morgan fingerprint density at radius 2 is 1.57 bits per heavy atom. The lowest BCUT2D eigenvalue weighted by Gasteiger charge is -2.30. The topological polar surface area (TPSA) is 41.6 Å². The van der Waals surface area contributed by atoms with Gasteiger partial charge in [0.2, 0.25) is 0 Å². The van der Waals surface area contributed by atoms with Crippen LogP contribution in [0.5, 0.6) is 0 Å². The van der Waals surface area contributed by atoms with E-state index in [4.69, 9.17) is 16.3 Å². The maximum atomic E-state index is 12.8. The van der Waals surface area contributed by atoms with E-state index >= 15 is 0 Å². The first-order valence-electron chi connectivity index (χ1n) is 9.30. The number of nitrogens with zero attached hydrogens (tertiary/aromatic N) is 1. The molecular weight excluding hydrogens is 372 g/mol. The molecule has 1 fully saturated rings. The predicted molar refractivity (Wildman–Crippen MR) is 114 cm³/mol. The van der Waals surface area contributed by atoms with Crippen molar-refractivity contribution in [2.75, 3.05) is 36.5 Å². The first kappa shape index (κ1) is 18.5. The number of rotatable bonds is 4. The van der Waals surface area contributed by atoms with Gasteiger partial charge in [0.05, 0.1) is 24.6 Å². The highest BCUT2D eigenvalue weighted by Crippen LogP contribution is 2.30. The third kappa shape index (κ3) is 4.19. The minimum atomic E-state index is -0.156. The number of hydrogen-bond donors (Lipinski definition) is 1. The molecule has 1 aliphatic rings. The maximum Gasteiger partial charge on any atom is 0.255 e. The number of nitrogens with one attached hydrogen (secondary N) is 1. The fourth-order valence-electron chi connectivity index (χ4n) is 3.33. The van der Waals surface area contributed by atoms with E-state index < -0.39 is 0 Å². The minimum Gasteiger partial charge on any atom is -0.378 e. The molecule has 3 aromatic rings. The molecule has 0 aliphatic carbocycles. The summed E-state index contributed by atoms with van der Waals surface area (Å²) in [5.41, 5.74) is 4.48. The molecule has 3 aromatic carbocycles. The van der Waals surface area contributed by atoms with Gasteiger partial charge in [-0.3, -0.25) is 4.79 Å². The normalized spacial score (nSPS) is 14.0. The number of carbonyl (C=O) groups excluding carboxylic acids is 1. The molecule has 0 unspecified atom stereocenters. The van der Waals surface area contributed by atoms with Gasteiger partial charge in [0.15, 0.2) is 0 Å². The third-order valence-electron chi connectivity index (χ3n) is 4.81. The van der Waals surface area contributed by atoms with Crippen molar-refractivity contribution in [3.63, 3.8) is 0 Å². The molecule has 0 saturated carbocycles. The van der Waals surface area contributed by atoms with Crippen LogP contribution in [0.15, 0.2) is 72.8 Å². The van der Waals surface area contributed by atoms with Crippen molar-refractivity contribution in [1.82, 2.24) is 0 Å². The molecular formula is C23H21ClN2O2. The van der Waals surface area contributed by atoms with Crippen molar-refractivity contribution in [1.29, 1.82) is 0 Å². The van der Waals surface area contributed by atoms with Gasteiger partial charge in [-0.15, -0.1) is 0 Å². The summed E-state index contributed by atoms with van der Waals surface area (Å²) < 4.78 is 5.43. The van der Waals surface area contributed by atoms with Gasteiger partial charge in [0, 0.05) is 23.7 Å². The number of ether oxygens (including phenoxy) is 1. The molecule has 1 heterocycles. The average molecular weight is 393 g/mol. The van der Waals surface area contributed by atoms with Gasteiger partial charge >= 0.3 is 0 Å². The number of hydrogen-bond acceptors (Lipinski definition) is 3. The van der Waals surface area contributed by atoms with Crippen molar-refractivity contribution in [3.05, 3.63) is 83.4 Å². The zero-order chi connectivity index (χ0) is 19.3. The summed E-state index contributed by atoms with van der Waals surface area (Å²) in [6.07, 6.45) is 0. The highest BCUT2D eigenvalue weighted by molar-refractivity contribution is 6.31. The summed E-state index contributed by atoms with van der Waals surface area (Å²) in [4.78, 5) is 15.0. The van der Waals surface area contributed by atoms with Crippen LogP contribution in [0.1, 0.15) is 10.4 Å². The van der Waals surface area contributed by atoms with Crippen LogP contribution in [-0.4, -0.2) is 32.2 Å². The van der Waals surface area contributed by atoms with Crippen LogP contribution >= 0.6 is 11.6 Å². The molecule has 5 heteroatoms. The van der Waals surface area contributed by atoms with Gasteiger partial charge in [0.1, 0.15) is 0 Å². The van der Waals surface area contributed by atoms with Crippen molar-refractivity contribution in [2.24, 2.45) is 0 Å². The van der Waals surface area contributed by atoms with Crippen LogP contribution in [0.4, 0.5) is 11.4 Å². The number of anilines is 2. The summed E-state index contributed by atoms with van der Waals surface area (Å²) >= 11 is 6.18. The van der Waals surface area contributed by atoms with Crippen molar-refractivity contribution < 1.29 is 9.53 Å². The molecule has 4 nitrogen and oxygen atoms in total. The fourth-order valence-corrected chi connectivity index (χ4v) is 3.50. The maximum absolute atomic E-state index is 12.8. The molecule has 1 saturated heterocycles. The first-order valence-corrected chi connectivity index (χ1v) is 9.67. The Hall–Kier alpha value is -2.82. The quantitative estimate of drug-likeness (QED) is 0.671. The lowest BCUT2D eigenvalue weighted by atomic mass is 10.0. The van der Waals surface area contributed by atoms with E-state index in [1.165, 1.54) is 0 Å². The largest absolute Gasteiger partial charge is 0.378 e. The van der Waals surface area contributed by atoms with Gasteiger partial charge in [-0.1, -0.05) is 54.1 Å². The van der Waals surface area contributed by atoms with Crippen LogP contribution in [-0.2, 0) is 4.74 Å². The van der Waals surface area contributed by atoms with Crippen LogP contribution in [0.3, 0.4) is 0 Å². The summed E-state index contributed by atoms with van der Waals surface area (Å²) in [6, 6.07) is 23.3. The van der Waals surface area contributed by atoms with E-state index in [1.807, 2.05) is 54.6 Å². The molecule has 0 spiro atoms. The highest BCUT2D eigenvalue weighted by atomic mass is 35.5. The Morgan fingerprint density at radius 1 is 0.893 bits per heavy atom. The Morgan fingerprint density at radius 3 is 2.29 bits per heavy atom. The fraction of sp³-hybridized carbons (Fsp3) is 0.174. The van der Waals surface area contributed by atoms with E-state index in [9.17, 15) is 4.79 Å². The van der Waals surface area contributed by atoms with Gasteiger partial charge in [-0.25, -0.2) is 0 Å². The lowest BCUT2D eigenvalue weighted by Crippen LogP contribution is -2.36. The SMILES string of the molecule is O=C(Nc1cc(Cl)ccc1N1CCOCC1)c1ccc(-c2ccccc2)cc1. The van der Waals surface area contributed by atoms with E-state index in [0.29, 0.717) is 29.5 Å². The van der Waals surface area contributed by atoms with Crippen LogP contribution < -0.4 is 10.2 Å². The highest BCUT2D eigenvalue weighted by Gasteiger charge is 2.17. The molecule has 1 N–H and O–H groups in total. The molecule has 0 aromatic heterocycles. The van der Waals surface area contributed by atoms with E-state index in [1.54, 1.807) is 6.07 Å². The second-order valence-corrected chi connectivity index (χ2v) is 7.09. The smallest absolute Gasteiger partial charge is 0.255 e. The molecule has 28 heavy (non-hydrogen) atoms. The first-order chi connectivity index (χ1) is 13.7. The van der Waals surface area contributed by atoms with Gasteiger partial charge in [-0.2, -0.15) is 0 Å². The number of carbonyl (C=O) groups is 1. The molecule has 142 valence electrons. The zero-order valence-electron chi connectivity index (χ0n) is 15.4. The minimum absolute atomic E-state index is 0.156. The zero-order valence-corrected chi connectivity index (χ0v) is 16.2. The third-order valence-corrected chi connectivity index (χ3v) is 5.05. The second kappa shape index (κ2) is 8.46. The average Bonchev–Trinajstić information content (AvgIpc) is 2.75. The molecule has 1 aliphatic heterocycles. The van der Waals surface area contributed by atoms with Crippen LogP contribution in [0.2, 0.25) is 5.02 Å². The summed E-state index contributed by atoms with van der Waals surface area (Å²) in [6.45, 7) is 2.93. The number of halogens is 1. The number of morpholine rings is 1. The summed E-state index contributed by atoms with van der Waals surface area (Å²) in [5, 5.41) is 3.61. The van der Waals surface area contributed by atoms with Gasteiger partial charge in [0.25, 0.3) is 5.91 Å². The number of amides is 1. The monoisotopic (exact) mass is 392 g/mol. The predicted octanol–water partition coefficient (Wildman–Crippen LogP) is 5.10. The number of benzene rings is 3. The molecule has 0 radical (unpaired) electrons. The van der Waals surface area contributed by atoms with Crippen LogP contribution in [0, 0.1) is 0 Å². The molecule has 4 rings (SSSR count). The molecule has 0 atom stereocenters. The Kier molecular flexibility index (Phi) is 5.60. The molecule has 0 bridgehead atoms. The summed E-state index contributed by atoms with van der Waals surface area (Å²) in [5.74, 6) is -0.156. The van der Waals surface area contributed by atoms with Crippen molar-refractivity contribution in [2.45, 2.75) is 0 Å². The van der Waals surface area contributed by atoms with Crippen LogP contribution in [0.25, 0.3) is 11.1 Å². The van der Waals surface area contributed by atoms with Gasteiger partial charge < -0.3 is 15.0 Å². The van der Waals surface area contributed by atoms with Crippen molar-refractivity contribution in [3.8, 4) is 11.1 Å². The summed E-state index contributed by atoms with van der Waals surface area (Å²) in [7, 11) is 0. The standard InChI is InChI=1S/C23H21ClN2O2/c24-20-10-11-22(26-12-14-28-15-13-26)21(16-20)25-23(27)19-8-6-18(7-9-19)17-4-2-1-3-5-17/h1-11,16H,12-15H2,(H,25,27). The lowest BCUT2D eigenvalue weighted by molar-refractivity contribution is 0.102. The second-order valence-electron chi connectivity index (χ2n) is 6.66.